The van der Waals surface area contributed by atoms with E-state index in [1.165, 1.54) is 28.0 Å². The number of carboxylic acids is 1. The molecule has 0 aliphatic heterocycles. The fourth-order valence-corrected chi connectivity index (χ4v) is 3.60. The van der Waals surface area contributed by atoms with Crippen LogP contribution in [0.5, 0.6) is 0 Å². The summed E-state index contributed by atoms with van der Waals surface area (Å²) in [4.78, 5) is 21.7. The van der Waals surface area contributed by atoms with E-state index in [1.807, 2.05) is 0 Å². The number of allylic oxidation sites excluding steroid dienone is 1. The first-order valence-corrected chi connectivity index (χ1v) is 9.27. The molecule has 29 heavy (non-hydrogen) atoms. The lowest BCUT2D eigenvalue weighted by Gasteiger charge is -2.11. The Labute approximate surface area is 167 Å². The van der Waals surface area contributed by atoms with Crippen molar-refractivity contribution in [3.05, 3.63) is 101 Å². The van der Waals surface area contributed by atoms with Gasteiger partial charge in [0.25, 0.3) is 0 Å². The number of aromatic carboxylic acids is 1. The Kier molecular flexibility index (Phi) is 4.83. The van der Waals surface area contributed by atoms with Gasteiger partial charge in [0, 0.05) is 5.56 Å². The van der Waals surface area contributed by atoms with Crippen molar-refractivity contribution in [2.45, 2.75) is 6.42 Å². The SMILES string of the molecule is C1=Cc2cccc3cccc(c23)C1.NC(=O)c1ccc2cc(C(=O)O)ccc2c1. The van der Waals surface area contributed by atoms with Crippen molar-refractivity contribution >= 4 is 39.5 Å². The van der Waals surface area contributed by atoms with Gasteiger partial charge in [-0.1, -0.05) is 60.7 Å². The summed E-state index contributed by atoms with van der Waals surface area (Å²) in [6.07, 6.45) is 5.53. The Balaban J connectivity index is 0.000000144. The zero-order valence-corrected chi connectivity index (χ0v) is 15.6. The number of amides is 1. The van der Waals surface area contributed by atoms with Gasteiger partial charge in [-0.05, 0) is 63.4 Å². The molecule has 4 nitrogen and oxygen atoms in total. The van der Waals surface area contributed by atoms with Crippen molar-refractivity contribution in [2.24, 2.45) is 5.73 Å². The molecule has 1 aliphatic carbocycles. The maximum Gasteiger partial charge on any atom is 0.335 e. The number of hydrogen-bond acceptors (Lipinski definition) is 2. The molecule has 0 spiro atoms. The normalized spacial score (nSPS) is 11.7. The van der Waals surface area contributed by atoms with E-state index in [0.29, 0.717) is 5.56 Å². The van der Waals surface area contributed by atoms with Crippen LogP contribution in [0.15, 0.2) is 78.9 Å². The van der Waals surface area contributed by atoms with Gasteiger partial charge in [-0.15, -0.1) is 0 Å². The lowest BCUT2D eigenvalue weighted by molar-refractivity contribution is 0.0696. The van der Waals surface area contributed by atoms with E-state index in [0.717, 1.165) is 17.2 Å². The molecule has 3 N–H and O–H groups in total. The van der Waals surface area contributed by atoms with Crippen molar-refractivity contribution in [2.75, 3.05) is 0 Å². The van der Waals surface area contributed by atoms with Crippen LogP contribution in [-0.4, -0.2) is 17.0 Å². The molecule has 1 aliphatic rings. The molecule has 0 heterocycles. The van der Waals surface area contributed by atoms with Crippen LogP contribution >= 0.6 is 0 Å². The molecule has 142 valence electrons. The number of nitrogens with two attached hydrogens (primary N) is 1. The van der Waals surface area contributed by atoms with Gasteiger partial charge in [0.2, 0.25) is 5.91 Å². The van der Waals surface area contributed by atoms with Gasteiger partial charge in [0.15, 0.2) is 0 Å². The third kappa shape index (κ3) is 3.73. The van der Waals surface area contributed by atoms with Crippen LogP contribution < -0.4 is 5.73 Å². The van der Waals surface area contributed by atoms with Gasteiger partial charge in [0.05, 0.1) is 5.56 Å². The van der Waals surface area contributed by atoms with E-state index in [1.54, 1.807) is 30.3 Å². The molecule has 0 saturated carbocycles. The largest absolute Gasteiger partial charge is 0.478 e. The average molecular weight is 381 g/mol. The maximum absolute atomic E-state index is 10.9. The Morgan fingerprint density at radius 3 is 2.14 bits per heavy atom. The second kappa shape index (κ2) is 7.60. The van der Waals surface area contributed by atoms with Crippen LogP contribution in [0.1, 0.15) is 31.8 Å². The van der Waals surface area contributed by atoms with E-state index >= 15 is 0 Å². The van der Waals surface area contributed by atoms with Crippen molar-refractivity contribution in [3.8, 4) is 0 Å². The molecular weight excluding hydrogens is 362 g/mol. The first kappa shape index (κ1) is 18.4. The number of primary amides is 1. The minimum Gasteiger partial charge on any atom is -0.478 e. The van der Waals surface area contributed by atoms with Gasteiger partial charge < -0.3 is 10.8 Å². The minimum atomic E-state index is -0.971. The van der Waals surface area contributed by atoms with Gasteiger partial charge >= 0.3 is 5.97 Å². The topological polar surface area (TPSA) is 80.4 Å². The van der Waals surface area contributed by atoms with Gasteiger partial charge in [-0.25, -0.2) is 4.79 Å². The Morgan fingerprint density at radius 2 is 1.45 bits per heavy atom. The summed E-state index contributed by atoms with van der Waals surface area (Å²) in [5.74, 6) is -1.47. The van der Waals surface area contributed by atoms with E-state index < -0.39 is 11.9 Å². The fraction of sp³-hybridized carbons (Fsp3) is 0.0400. The van der Waals surface area contributed by atoms with Crippen LogP contribution in [0.25, 0.3) is 27.6 Å². The number of carboxylic acid groups (broad SMARTS) is 1. The van der Waals surface area contributed by atoms with Crippen LogP contribution in [0.3, 0.4) is 0 Å². The van der Waals surface area contributed by atoms with Crippen molar-refractivity contribution in [1.29, 1.82) is 0 Å². The minimum absolute atomic E-state index is 0.222. The monoisotopic (exact) mass is 381 g/mol. The number of carbonyl (C=O) groups excluding carboxylic acids is 1. The summed E-state index contributed by atoms with van der Waals surface area (Å²) in [7, 11) is 0. The maximum atomic E-state index is 10.9. The summed E-state index contributed by atoms with van der Waals surface area (Å²) < 4.78 is 0. The number of carbonyl (C=O) groups is 2. The summed E-state index contributed by atoms with van der Waals surface area (Å²) >= 11 is 0. The van der Waals surface area contributed by atoms with E-state index in [-0.39, 0.29) is 5.56 Å². The second-order valence-corrected chi connectivity index (χ2v) is 6.92. The number of hydrogen-bond donors (Lipinski definition) is 2. The highest BCUT2D eigenvalue weighted by Gasteiger charge is 2.07. The lowest BCUT2D eigenvalue weighted by atomic mass is 9.93. The molecule has 4 aromatic rings. The highest BCUT2D eigenvalue weighted by Crippen LogP contribution is 2.27. The van der Waals surface area contributed by atoms with E-state index in [2.05, 4.69) is 48.6 Å². The van der Waals surface area contributed by atoms with Crippen LogP contribution in [-0.2, 0) is 6.42 Å². The summed E-state index contributed by atoms with van der Waals surface area (Å²) in [6, 6.07) is 22.6. The van der Waals surface area contributed by atoms with E-state index in [9.17, 15) is 9.59 Å². The highest BCUT2D eigenvalue weighted by atomic mass is 16.4. The number of rotatable bonds is 2. The molecule has 0 unspecified atom stereocenters. The Bertz CT molecular complexity index is 1230. The summed E-state index contributed by atoms with van der Waals surface area (Å²) in [5.41, 5.74) is 8.60. The fourth-order valence-electron chi connectivity index (χ4n) is 3.60. The summed E-state index contributed by atoms with van der Waals surface area (Å²) in [5, 5.41) is 13.2. The predicted molar refractivity (Wildman–Crippen MR) is 116 cm³/mol. The Hall–Kier alpha value is -3.92. The first-order chi connectivity index (χ1) is 14.0. The molecule has 4 aromatic carbocycles. The smallest absolute Gasteiger partial charge is 0.335 e. The molecule has 5 rings (SSSR count). The molecule has 0 fully saturated rings. The van der Waals surface area contributed by atoms with Gasteiger partial charge in [0.1, 0.15) is 0 Å². The molecule has 1 amide bonds. The number of fused-ring (bicyclic) bond motifs is 1. The van der Waals surface area contributed by atoms with Crippen molar-refractivity contribution in [3.63, 3.8) is 0 Å². The van der Waals surface area contributed by atoms with Crippen LogP contribution in [0, 0.1) is 0 Å². The molecule has 0 saturated heterocycles. The quantitative estimate of drug-likeness (QED) is 0.510. The highest BCUT2D eigenvalue weighted by molar-refractivity contribution is 5.99. The molecule has 0 radical (unpaired) electrons. The standard InChI is InChI=1S/C13H10.C12H9NO3/c1-4-10-6-2-8-12-9-3-7-11(5-1)13(10)12;13-11(14)9-3-1-8-6-10(12(15)16)4-2-7(8)5-9/h1-8H,9H2;1-6H,(H2,13,14)(H,15,16). The average Bonchev–Trinajstić information content (AvgIpc) is 2.74. The van der Waals surface area contributed by atoms with Crippen molar-refractivity contribution < 1.29 is 14.7 Å². The van der Waals surface area contributed by atoms with Gasteiger partial charge in [-0.2, -0.15) is 0 Å². The third-order valence-electron chi connectivity index (χ3n) is 5.03. The van der Waals surface area contributed by atoms with E-state index in [4.69, 9.17) is 10.8 Å². The molecule has 0 aromatic heterocycles. The second-order valence-electron chi connectivity index (χ2n) is 6.92. The first-order valence-electron chi connectivity index (χ1n) is 9.27. The molecule has 0 bridgehead atoms. The molecular formula is C25H19NO3. The zero-order valence-electron chi connectivity index (χ0n) is 15.6. The third-order valence-corrected chi connectivity index (χ3v) is 5.03. The van der Waals surface area contributed by atoms with Gasteiger partial charge in [-0.3, -0.25) is 4.79 Å². The van der Waals surface area contributed by atoms with Crippen LogP contribution in [0.2, 0.25) is 0 Å². The summed E-state index contributed by atoms with van der Waals surface area (Å²) in [6.45, 7) is 0. The Morgan fingerprint density at radius 1 is 0.793 bits per heavy atom. The zero-order chi connectivity index (χ0) is 20.4. The van der Waals surface area contributed by atoms with Crippen molar-refractivity contribution in [1.82, 2.24) is 0 Å². The van der Waals surface area contributed by atoms with Crippen LogP contribution in [0.4, 0.5) is 0 Å². The molecule has 0 atom stereocenters. The number of benzene rings is 4. The molecule has 4 heteroatoms. The predicted octanol–water partition coefficient (Wildman–Crippen LogP) is 5.05. The lowest BCUT2D eigenvalue weighted by Crippen LogP contribution is -2.10.